The summed E-state index contributed by atoms with van der Waals surface area (Å²) in [6.07, 6.45) is 2.92. The highest BCUT2D eigenvalue weighted by Crippen LogP contribution is 2.10. The zero-order chi connectivity index (χ0) is 18.2. The quantitative estimate of drug-likeness (QED) is 0.544. The van der Waals surface area contributed by atoms with E-state index in [0.29, 0.717) is 11.3 Å². The molecule has 1 heterocycles. The fourth-order valence-corrected chi connectivity index (χ4v) is 2.25. The Morgan fingerprint density at radius 3 is 2.27 bits per heavy atom. The lowest BCUT2D eigenvalue weighted by Crippen LogP contribution is -2.28. The van der Waals surface area contributed by atoms with E-state index in [9.17, 15) is 9.59 Å². The van der Waals surface area contributed by atoms with Crippen molar-refractivity contribution in [2.24, 2.45) is 0 Å². The van der Waals surface area contributed by atoms with E-state index in [1.807, 2.05) is 36.4 Å². The van der Waals surface area contributed by atoms with Gasteiger partial charge >= 0.3 is 5.97 Å². The van der Waals surface area contributed by atoms with Gasteiger partial charge in [0.15, 0.2) is 0 Å². The number of carbonyl (C=O) groups is 2. The van der Waals surface area contributed by atoms with Crippen molar-refractivity contribution in [3.05, 3.63) is 102 Å². The van der Waals surface area contributed by atoms with Gasteiger partial charge in [0.1, 0.15) is 18.1 Å². The predicted molar refractivity (Wildman–Crippen MR) is 96.8 cm³/mol. The van der Waals surface area contributed by atoms with Gasteiger partial charge in [-0.2, -0.15) is 0 Å². The van der Waals surface area contributed by atoms with Gasteiger partial charge in [0.25, 0.3) is 5.91 Å². The smallest absolute Gasteiger partial charge is 0.355 e. The van der Waals surface area contributed by atoms with E-state index < -0.39 is 11.9 Å². The lowest BCUT2D eigenvalue weighted by atomic mass is 10.2. The number of carbonyl (C=O) groups excluding carboxylic acids is 2. The maximum atomic E-state index is 12.5. The number of furan rings is 1. The molecule has 0 aliphatic carbocycles. The first kappa shape index (κ1) is 17.2. The van der Waals surface area contributed by atoms with Crippen LogP contribution in [0.4, 0.5) is 0 Å². The van der Waals surface area contributed by atoms with Gasteiger partial charge in [0.2, 0.25) is 0 Å². The first-order valence-corrected chi connectivity index (χ1v) is 8.05. The Morgan fingerprint density at radius 1 is 0.923 bits per heavy atom. The van der Waals surface area contributed by atoms with Gasteiger partial charge in [-0.1, -0.05) is 48.5 Å². The second-order valence-corrected chi connectivity index (χ2v) is 5.46. The van der Waals surface area contributed by atoms with Crippen molar-refractivity contribution in [3.8, 4) is 0 Å². The Hall–Kier alpha value is -3.60. The van der Waals surface area contributed by atoms with E-state index in [2.05, 4.69) is 5.32 Å². The van der Waals surface area contributed by atoms with Crippen molar-refractivity contribution in [2.45, 2.75) is 6.61 Å². The molecule has 2 aromatic carbocycles. The van der Waals surface area contributed by atoms with Crippen LogP contribution in [0.3, 0.4) is 0 Å². The SMILES string of the molecule is O=C(OCc1ccccc1)/C(=C\c1ccco1)NC(=O)c1ccccc1. The van der Waals surface area contributed by atoms with Crippen molar-refractivity contribution >= 4 is 18.0 Å². The summed E-state index contributed by atoms with van der Waals surface area (Å²) in [5, 5.41) is 2.60. The second kappa shape index (κ2) is 8.48. The highest BCUT2D eigenvalue weighted by atomic mass is 16.5. The van der Waals surface area contributed by atoms with Crippen LogP contribution in [0.5, 0.6) is 0 Å². The molecule has 3 rings (SSSR count). The third kappa shape index (κ3) is 4.70. The second-order valence-electron chi connectivity index (χ2n) is 5.46. The van der Waals surface area contributed by atoms with Gasteiger partial charge in [-0.25, -0.2) is 4.79 Å². The predicted octanol–water partition coefficient (Wildman–Crippen LogP) is 3.79. The third-order valence-electron chi connectivity index (χ3n) is 3.55. The Morgan fingerprint density at radius 2 is 1.62 bits per heavy atom. The molecule has 3 aromatic rings. The zero-order valence-corrected chi connectivity index (χ0v) is 13.9. The maximum Gasteiger partial charge on any atom is 0.355 e. The standard InChI is InChI=1S/C21H17NO4/c23-20(17-10-5-2-6-11-17)22-19(14-18-12-7-13-25-18)21(24)26-15-16-8-3-1-4-9-16/h1-14H,15H2,(H,22,23)/b19-14+. The van der Waals surface area contributed by atoms with Gasteiger partial charge in [-0.3, -0.25) is 4.79 Å². The fraction of sp³-hybridized carbons (Fsp3) is 0.0476. The molecule has 0 radical (unpaired) electrons. The monoisotopic (exact) mass is 347 g/mol. The molecule has 0 saturated heterocycles. The van der Waals surface area contributed by atoms with E-state index in [4.69, 9.17) is 9.15 Å². The molecule has 130 valence electrons. The average Bonchev–Trinajstić information content (AvgIpc) is 3.20. The molecule has 1 amide bonds. The summed E-state index contributed by atoms with van der Waals surface area (Å²) in [6.45, 7) is 0.108. The Bertz CT molecular complexity index is 884. The molecule has 26 heavy (non-hydrogen) atoms. The van der Waals surface area contributed by atoms with E-state index in [0.717, 1.165) is 5.56 Å². The summed E-state index contributed by atoms with van der Waals surface area (Å²) in [5.74, 6) is -0.611. The number of amides is 1. The van der Waals surface area contributed by atoms with Gasteiger partial charge in [-0.15, -0.1) is 0 Å². The van der Waals surface area contributed by atoms with Crippen LogP contribution in [0.2, 0.25) is 0 Å². The minimum atomic E-state index is -0.644. The molecule has 0 aliphatic rings. The van der Waals surface area contributed by atoms with E-state index in [1.165, 1.54) is 12.3 Å². The Kier molecular flexibility index (Phi) is 5.62. The molecular formula is C21H17NO4. The number of nitrogens with one attached hydrogen (secondary N) is 1. The maximum absolute atomic E-state index is 12.5. The van der Waals surface area contributed by atoms with Crippen molar-refractivity contribution in [2.75, 3.05) is 0 Å². The van der Waals surface area contributed by atoms with E-state index in [-0.39, 0.29) is 12.3 Å². The molecule has 0 aliphatic heterocycles. The summed E-state index contributed by atoms with van der Waals surface area (Å²) in [6, 6.07) is 21.3. The van der Waals surface area contributed by atoms with Crippen LogP contribution < -0.4 is 5.32 Å². The van der Waals surface area contributed by atoms with Crippen LogP contribution in [0.1, 0.15) is 21.7 Å². The summed E-state index contributed by atoms with van der Waals surface area (Å²) in [7, 11) is 0. The van der Waals surface area contributed by atoms with Crippen LogP contribution in [0.15, 0.2) is 89.2 Å². The Labute approximate surface area is 150 Å². The van der Waals surface area contributed by atoms with Gasteiger partial charge in [-0.05, 0) is 29.8 Å². The molecule has 0 fully saturated rings. The molecule has 0 unspecified atom stereocenters. The number of benzene rings is 2. The highest BCUT2D eigenvalue weighted by Gasteiger charge is 2.16. The molecule has 1 N–H and O–H groups in total. The van der Waals surface area contributed by atoms with Gasteiger partial charge in [0, 0.05) is 11.6 Å². The van der Waals surface area contributed by atoms with Gasteiger partial charge in [0.05, 0.1) is 6.26 Å². The molecule has 0 spiro atoms. The van der Waals surface area contributed by atoms with Crippen LogP contribution >= 0.6 is 0 Å². The molecule has 5 nitrogen and oxygen atoms in total. The molecule has 0 atom stereocenters. The molecular weight excluding hydrogens is 330 g/mol. The Balaban J connectivity index is 1.75. The van der Waals surface area contributed by atoms with Crippen LogP contribution in [0, 0.1) is 0 Å². The molecule has 0 bridgehead atoms. The first-order chi connectivity index (χ1) is 12.7. The summed E-state index contributed by atoms with van der Waals surface area (Å²) < 4.78 is 10.5. The van der Waals surface area contributed by atoms with E-state index >= 15 is 0 Å². The first-order valence-electron chi connectivity index (χ1n) is 8.05. The molecule has 1 aromatic heterocycles. The number of rotatable bonds is 6. The summed E-state index contributed by atoms with van der Waals surface area (Å²) in [5.41, 5.74) is 1.30. The highest BCUT2D eigenvalue weighted by molar-refractivity contribution is 6.03. The topological polar surface area (TPSA) is 68.5 Å². The minimum Gasteiger partial charge on any atom is -0.465 e. The molecule has 0 saturated carbocycles. The van der Waals surface area contributed by atoms with Crippen molar-refractivity contribution in [1.29, 1.82) is 0 Å². The lowest BCUT2D eigenvalue weighted by molar-refractivity contribution is -0.140. The van der Waals surface area contributed by atoms with Crippen molar-refractivity contribution in [1.82, 2.24) is 5.32 Å². The normalized spacial score (nSPS) is 11.0. The number of ether oxygens (including phenoxy) is 1. The van der Waals surface area contributed by atoms with E-state index in [1.54, 1.807) is 36.4 Å². The van der Waals surface area contributed by atoms with Crippen LogP contribution in [-0.4, -0.2) is 11.9 Å². The average molecular weight is 347 g/mol. The largest absolute Gasteiger partial charge is 0.465 e. The number of hydrogen-bond donors (Lipinski definition) is 1. The van der Waals surface area contributed by atoms with Gasteiger partial charge < -0.3 is 14.5 Å². The third-order valence-corrected chi connectivity index (χ3v) is 3.55. The van der Waals surface area contributed by atoms with Crippen molar-refractivity contribution < 1.29 is 18.7 Å². The summed E-state index contributed by atoms with van der Waals surface area (Å²) >= 11 is 0. The fourth-order valence-electron chi connectivity index (χ4n) is 2.25. The minimum absolute atomic E-state index is 0.00438. The zero-order valence-electron chi connectivity index (χ0n) is 13.9. The van der Waals surface area contributed by atoms with Crippen molar-refractivity contribution in [3.63, 3.8) is 0 Å². The molecule has 5 heteroatoms. The number of esters is 1. The van der Waals surface area contributed by atoms with Crippen LogP contribution in [-0.2, 0) is 16.1 Å². The summed E-state index contributed by atoms with van der Waals surface area (Å²) in [4.78, 5) is 24.8. The lowest BCUT2D eigenvalue weighted by Gasteiger charge is -2.10. The van der Waals surface area contributed by atoms with Crippen LogP contribution in [0.25, 0.3) is 6.08 Å². The number of hydrogen-bond acceptors (Lipinski definition) is 4.